The van der Waals surface area contributed by atoms with Crippen molar-refractivity contribution < 1.29 is 4.79 Å². The van der Waals surface area contributed by atoms with Gasteiger partial charge in [0.25, 0.3) is 0 Å². The Bertz CT molecular complexity index is 462. The van der Waals surface area contributed by atoms with Gasteiger partial charge in [-0.1, -0.05) is 0 Å². The largest absolute Gasteiger partial charge is 0.332 e. The van der Waals surface area contributed by atoms with Crippen LogP contribution in [-0.2, 0) is 7.05 Å². The van der Waals surface area contributed by atoms with Crippen molar-refractivity contribution in [2.24, 2.45) is 36.6 Å². The van der Waals surface area contributed by atoms with Gasteiger partial charge in [-0.05, 0) is 55.8 Å². The second-order valence-corrected chi connectivity index (χ2v) is 6.68. The molecule has 4 saturated carbocycles. The summed E-state index contributed by atoms with van der Waals surface area (Å²) in [6.45, 7) is 0. The number of hydrogen-bond acceptors (Lipinski definition) is 2. The lowest BCUT2D eigenvalue weighted by molar-refractivity contribution is -0.0256. The Kier molecular flexibility index (Phi) is 2.21. The minimum absolute atomic E-state index is 0.277. The number of carbonyl (C=O) groups is 1. The van der Waals surface area contributed by atoms with Crippen molar-refractivity contribution in [2.45, 2.75) is 32.1 Å². The molecule has 0 unspecified atom stereocenters. The molecule has 0 atom stereocenters. The fraction of sp³-hybridized carbons (Fsp3) is 0.733. The molecule has 0 aliphatic heterocycles. The van der Waals surface area contributed by atoms with Crippen LogP contribution < -0.4 is 0 Å². The van der Waals surface area contributed by atoms with E-state index in [1.54, 1.807) is 6.20 Å². The van der Waals surface area contributed by atoms with Gasteiger partial charge in [-0.3, -0.25) is 4.79 Å². The van der Waals surface area contributed by atoms with E-state index in [1.165, 1.54) is 32.1 Å². The molecule has 1 aromatic heterocycles. The summed E-state index contributed by atoms with van der Waals surface area (Å²) < 4.78 is 1.88. The average molecular weight is 244 g/mol. The number of aryl methyl sites for hydroxylation is 1. The molecule has 1 aromatic rings. The van der Waals surface area contributed by atoms with E-state index < -0.39 is 0 Å². The second kappa shape index (κ2) is 3.69. The lowest BCUT2D eigenvalue weighted by atomic mass is 9.51. The van der Waals surface area contributed by atoms with E-state index in [0.717, 1.165) is 11.8 Å². The van der Waals surface area contributed by atoms with Gasteiger partial charge in [-0.15, -0.1) is 0 Å². The van der Waals surface area contributed by atoms with Crippen molar-refractivity contribution in [3.8, 4) is 0 Å². The van der Waals surface area contributed by atoms with E-state index in [9.17, 15) is 4.79 Å². The van der Waals surface area contributed by atoms with E-state index in [-0.39, 0.29) is 5.92 Å². The Morgan fingerprint density at radius 2 is 1.78 bits per heavy atom. The zero-order chi connectivity index (χ0) is 12.3. The molecule has 1 heterocycles. The van der Waals surface area contributed by atoms with E-state index in [1.807, 2.05) is 17.8 Å². The molecular formula is C15H20N2O. The van der Waals surface area contributed by atoms with Crippen molar-refractivity contribution in [1.29, 1.82) is 0 Å². The molecule has 0 N–H and O–H groups in total. The Labute approximate surface area is 108 Å². The minimum atomic E-state index is 0.277. The van der Waals surface area contributed by atoms with Crippen LogP contribution in [-0.4, -0.2) is 15.3 Å². The summed E-state index contributed by atoms with van der Waals surface area (Å²) in [7, 11) is 1.93. The van der Waals surface area contributed by atoms with Crippen LogP contribution in [0.25, 0.3) is 0 Å². The summed E-state index contributed by atoms with van der Waals surface area (Å²) in [4.78, 5) is 17.0. The highest BCUT2D eigenvalue weighted by Gasteiger charge is 2.51. The Morgan fingerprint density at radius 1 is 1.17 bits per heavy atom. The van der Waals surface area contributed by atoms with Crippen LogP contribution in [0.3, 0.4) is 0 Å². The first-order chi connectivity index (χ1) is 8.72. The molecule has 0 spiro atoms. The van der Waals surface area contributed by atoms with Gasteiger partial charge in [0.2, 0.25) is 5.78 Å². The number of nitrogens with zero attached hydrogens (tertiary/aromatic N) is 2. The molecule has 0 radical (unpaired) electrons. The fourth-order valence-electron chi connectivity index (χ4n) is 5.11. The molecule has 18 heavy (non-hydrogen) atoms. The van der Waals surface area contributed by atoms with Crippen LogP contribution in [0.2, 0.25) is 0 Å². The molecule has 4 bridgehead atoms. The van der Waals surface area contributed by atoms with Crippen LogP contribution in [0.4, 0.5) is 0 Å². The molecule has 0 saturated heterocycles. The highest BCUT2D eigenvalue weighted by Crippen LogP contribution is 2.57. The van der Waals surface area contributed by atoms with Gasteiger partial charge in [0, 0.05) is 25.4 Å². The van der Waals surface area contributed by atoms with E-state index in [0.29, 0.717) is 23.4 Å². The molecule has 0 amide bonds. The van der Waals surface area contributed by atoms with Crippen molar-refractivity contribution in [3.63, 3.8) is 0 Å². The summed E-state index contributed by atoms with van der Waals surface area (Å²) in [5.41, 5.74) is 0. The first-order valence-electron chi connectivity index (χ1n) is 7.24. The number of aromatic nitrogens is 2. The lowest BCUT2D eigenvalue weighted by Gasteiger charge is -2.53. The maximum Gasteiger partial charge on any atom is 0.201 e. The quantitative estimate of drug-likeness (QED) is 0.750. The normalized spacial score (nSPS) is 41.3. The van der Waals surface area contributed by atoms with Gasteiger partial charge in [-0.2, -0.15) is 0 Å². The highest BCUT2D eigenvalue weighted by atomic mass is 16.1. The summed E-state index contributed by atoms with van der Waals surface area (Å²) >= 11 is 0. The summed E-state index contributed by atoms with van der Waals surface area (Å²) in [6.07, 6.45) is 10.3. The highest BCUT2D eigenvalue weighted by molar-refractivity contribution is 5.95. The zero-order valence-electron chi connectivity index (χ0n) is 10.9. The Hall–Kier alpha value is -1.12. The second-order valence-electron chi connectivity index (χ2n) is 6.68. The minimum Gasteiger partial charge on any atom is -0.332 e. The topological polar surface area (TPSA) is 34.9 Å². The Balaban J connectivity index is 1.65. The third-order valence-electron chi connectivity index (χ3n) is 5.57. The molecule has 3 nitrogen and oxygen atoms in total. The van der Waals surface area contributed by atoms with Crippen molar-refractivity contribution in [2.75, 3.05) is 0 Å². The number of rotatable bonds is 2. The number of ketones is 1. The van der Waals surface area contributed by atoms with Gasteiger partial charge in [0.15, 0.2) is 5.82 Å². The monoisotopic (exact) mass is 244 g/mol. The fourth-order valence-corrected chi connectivity index (χ4v) is 5.11. The van der Waals surface area contributed by atoms with E-state index >= 15 is 0 Å². The first kappa shape index (κ1) is 10.8. The van der Waals surface area contributed by atoms with Crippen molar-refractivity contribution >= 4 is 5.78 Å². The number of Topliss-reactive ketones (excluding diaryl/α,β-unsaturated/α-hetero) is 1. The maximum absolute atomic E-state index is 12.7. The molecule has 4 aliphatic carbocycles. The van der Waals surface area contributed by atoms with Crippen molar-refractivity contribution in [3.05, 3.63) is 18.2 Å². The predicted molar refractivity (Wildman–Crippen MR) is 68.1 cm³/mol. The summed E-state index contributed by atoms with van der Waals surface area (Å²) in [5.74, 6) is 4.44. The van der Waals surface area contributed by atoms with Crippen LogP contribution >= 0.6 is 0 Å². The third kappa shape index (κ3) is 1.42. The van der Waals surface area contributed by atoms with Crippen molar-refractivity contribution in [1.82, 2.24) is 9.55 Å². The van der Waals surface area contributed by atoms with E-state index in [2.05, 4.69) is 4.98 Å². The zero-order valence-corrected chi connectivity index (χ0v) is 10.9. The summed E-state index contributed by atoms with van der Waals surface area (Å²) in [6, 6.07) is 0. The Morgan fingerprint density at radius 3 is 2.28 bits per heavy atom. The van der Waals surface area contributed by atoms with Crippen LogP contribution in [0.15, 0.2) is 12.4 Å². The lowest BCUT2D eigenvalue weighted by Crippen LogP contribution is -2.48. The van der Waals surface area contributed by atoms with Crippen LogP contribution in [0.1, 0.15) is 42.7 Å². The average Bonchev–Trinajstić information content (AvgIpc) is 2.73. The molecule has 4 fully saturated rings. The van der Waals surface area contributed by atoms with Crippen LogP contribution in [0.5, 0.6) is 0 Å². The van der Waals surface area contributed by atoms with Gasteiger partial charge >= 0.3 is 0 Å². The molecular weight excluding hydrogens is 224 g/mol. The standard InChI is InChI=1S/C15H20N2O/c1-17-3-2-16-15(17)14(18)13-11-5-9-4-10(7-11)8-12(13)6-9/h2-3,9-13H,4-8H2,1H3. The SMILES string of the molecule is Cn1ccnc1C(=O)C1C2CC3CC(C2)CC1C3. The predicted octanol–water partition coefficient (Wildman–Crippen LogP) is 2.68. The molecule has 96 valence electrons. The van der Waals surface area contributed by atoms with Gasteiger partial charge in [0.1, 0.15) is 0 Å². The number of hydrogen-bond donors (Lipinski definition) is 0. The third-order valence-corrected chi connectivity index (χ3v) is 5.57. The van der Waals surface area contributed by atoms with Gasteiger partial charge in [-0.25, -0.2) is 4.98 Å². The van der Waals surface area contributed by atoms with E-state index in [4.69, 9.17) is 0 Å². The van der Waals surface area contributed by atoms with Gasteiger partial charge < -0.3 is 4.57 Å². The summed E-state index contributed by atoms with van der Waals surface area (Å²) in [5, 5.41) is 0. The maximum atomic E-state index is 12.7. The molecule has 3 heteroatoms. The van der Waals surface area contributed by atoms with Gasteiger partial charge in [0.05, 0.1) is 0 Å². The smallest absolute Gasteiger partial charge is 0.201 e. The molecule has 5 rings (SSSR count). The first-order valence-corrected chi connectivity index (χ1v) is 7.24. The molecule has 4 aliphatic rings. The molecule has 0 aromatic carbocycles. The number of imidazole rings is 1. The number of carbonyl (C=O) groups excluding carboxylic acids is 1. The van der Waals surface area contributed by atoms with Crippen LogP contribution in [0, 0.1) is 29.6 Å².